The van der Waals surface area contributed by atoms with Gasteiger partial charge < -0.3 is 0 Å². The van der Waals surface area contributed by atoms with Crippen molar-refractivity contribution in [1.82, 2.24) is 9.55 Å². The minimum Gasteiger partial charge on any atom is -0.292 e. The third-order valence-corrected chi connectivity index (χ3v) is 7.36. The first kappa shape index (κ1) is 21.0. The summed E-state index contributed by atoms with van der Waals surface area (Å²) < 4.78 is 3.76. The summed E-state index contributed by atoms with van der Waals surface area (Å²) in [7, 11) is 0. The van der Waals surface area contributed by atoms with E-state index in [2.05, 4.69) is 105 Å². The van der Waals surface area contributed by atoms with E-state index in [4.69, 9.17) is 4.98 Å². The van der Waals surface area contributed by atoms with E-state index in [1.165, 1.54) is 43.5 Å². The van der Waals surface area contributed by atoms with Crippen molar-refractivity contribution in [3.05, 3.63) is 82.7 Å². The topological polar surface area (TPSA) is 17.8 Å². The summed E-state index contributed by atoms with van der Waals surface area (Å²) in [6, 6.07) is 22.2. The Morgan fingerprint density at radius 1 is 0.875 bits per heavy atom. The van der Waals surface area contributed by atoms with Crippen molar-refractivity contribution in [1.29, 1.82) is 0 Å². The first-order valence-electron chi connectivity index (χ1n) is 11.6. The Morgan fingerprint density at radius 2 is 1.59 bits per heavy atom. The van der Waals surface area contributed by atoms with Crippen LogP contribution < -0.4 is 0 Å². The Balaban J connectivity index is 1.89. The highest BCUT2D eigenvalue weighted by atomic mass is 32.1. The van der Waals surface area contributed by atoms with Crippen LogP contribution in [0, 0.1) is 0 Å². The largest absolute Gasteiger partial charge is 0.292 e. The van der Waals surface area contributed by atoms with Gasteiger partial charge in [0, 0.05) is 21.0 Å². The van der Waals surface area contributed by atoms with Gasteiger partial charge in [-0.2, -0.15) is 0 Å². The van der Waals surface area contributed by atoms with E-state index in [0.29, 0.717) is 11.8 Å². The Morgan fingerprint density at radius 3 is 2.28 bits per heavy atom. The summed E-state index contributed by atoms with van der Waals surface area (Å²) in [4.78, 5) is 5.19. The Bertz CT molecular complexity index is 1390. The van der Waals surface area contributed by atoms with Crippen molar-refractivity contribution in [2.24, 2.45) is 0 Å². The zero-order valence-electron chi connectivity index (χ0n) is 19.5. The minimum atomic E-state index is 0.420. The van der Waals surface area contributed by atoms with Crippen molar-refractivity contribution in [3.63, 3.8) is 0 Å². The fourth-order valence-corrected chi connectivity index (χ4v) is 5.67. The van der Waals surface area contributed by atoms with Crippen LogP contribution in [0.3, 0.4) is 0 Å². The number of para-hydroxylation sites is 3. The van der Waals surface area contributed by atoms with Crippen LogP contribution in [-0.4, -0.2) is 9.55 Å². The Labute approximate surface area is 194 Å². The molecule has 0 saturated carbocycles. The molecule has 0 aliphatic rings. The zero-order chi connectivity index (χ0) is 22.4. The molecule has 0 fully saturated rings. The third-order valence-electron chi connectivity index (χ3n) is 6.42. The van der Waals surface area contributed by atoms with Gasteiger partial charge in [-0.05, 0) is 53.1 Å². The third kappa shape index (κ3) is 3.36. The van der Waals surface area contributed by atoms with Crippen molar-refractivity contribution < 1.29 is 0 Å². The lowest BCUT2D eigenvalue weighted by molar-refractivity contribution is 0.811. The highest BCUT2D eigenvalue weighted by Gasteiger charge is 2.23. The predicted molar refractivity (Wildman–Crippen MR) is 139 cm³/mol. The molecule has 0 aliphatic heterocycles. The van der Waals surface area contributed by atoms with Gasteiger partial charge in [-0.25, -0.2) is 4.98 Å². The van der Waals surface area contributed by atoms with Gasteiger partial charge in [-0.3, -0.25) is 4.57 Å². The first-order chi connectivity index (χ1) is 15.5. The number of fused-ring (bicyclic) bond motifs is 2. The van der Waals surface area contributed by atoms with E-state index in [0.717, 1.165) is 17.8 Å². The molecule has 3 heteroatoms. The quantitative estimate of drug-likeness (QED) is 0.268. The summed E-state index contributed by atoms with van der Waals surface area (Å²) in [6.45, 7) is 11.4. The lowest BCUT2D eigenvalue weighted by Crippen LogP contribution is -2.08. The number of imidazole rings is 1. The summed E-state index contributed by atoms with van der Waals surface area (Å²) in [5.41, 5.74) is 8.85. The number of rotatable bonds is 5. The maximum atomic E-state index is 5.19. The van der Waals surface area contributed by atoms with Gasteiger partial charge in [0.05, 0.1) is 16.7 Å². The maximum absolute atomic E-state index is 5.19. The van der Waals surface area contributed by atoms with Gasteiger partial charge in [-0.1, -0.05) is 77.1 Å². The molecule has 0 aliphatic carbocycles. The lowest BCUT2D eigenvalue weighted by atomic mass is 9.92. The average molecular weight is 439 g/mol. The summed E-state index contributed by atoms with van der Waals surface area (Å²) in [6.07, 6.45) is 1.06. The highest BCUT2D eigenvalue weighted by molar-refractivity contribution is 7.17. The van der Waals surface area contributed by atoms with Gasteiger partial charge in [0.2, 0.25) is 0 Å². The number of aryl methyl sites for hydroxylation is 1. The second-order valence-electron chi connectivity index (χ2n) is 9.19. The van der Waals surface area contributed by atoms with Crippen LogP contribution in [0.2, 0.25) is 0 Å². The lowest BCUT2D eigenvalue weighted by Gasteiger charge is -2.22. The molecule has 0 N–H and O–H groups in total. The van der Waals surface area contributed by atoms with Crippen LogP contribution in [0.15, 0.2) is 66.0 Å². The summed E-state index contributed by atoms with van der Waals surface area (Å²) in [5, 5.41) is 3.58. The van der Waals surface area contributed by atoms with E-state index in [9.17, 15) is 0 Å². The van der Waals surface area contributed by atoms with Crippen LogP contribution in [0.4, 0.5) is 0 Å². The molecule has 5 aromatic rings. The molecule has 162 valence electrons. The normalized spacial score (nSPS) is 12.0. The average Bonchev–Trinajstić information content (AvgIpc) is 3.38. The van der Waals surface area contributed by atoms with Crippen molar-refractivity contribution >= 4 is 32.5 Å². The smallest absolute Gasteiger partial charge is 0.147 e. The molecule has 2 nitrogen and oxygen atoms in total. The molecule has 0 unspecified atom stereocenters. The molecule has 2 aromatic heterocycles. The number of nitrogens with zero attached hydrogens (tertiary/aromatic N) is 2. The highest BCUT2D eigenvalue weighted by Crippen LogP contribution is 2.40. The van der Waals surface area contributed by atoms with Gasteiger partial charge in [0.15, 0.2) is 0 Å². The monoisotopic (exact) mass is 438 g/mol. The van der Waals surface area contributed by atoms with E-state index in [1.807, 2.05) is 11.3 Å². The molecule has 32 heavy (non-hydrogen) atoms. The Hall–Kier alpha value is -2.91. The van der Waals surface area contributed by atoms with Crippen molar-refractivity contribution in [2.75, 3.05) is 0 Å². The number of benzene rings is 3. The molecule has 0 atom stereocenters. The Kier molecular flexibility index (Phi) is 5.38. The molecule has 0 amide bonds. The maximum Gasteiger partial charge on any atom is 0.147 e. The molecular formula is C29H30N2S. The molecule has 2 heterocycles. The molecule has 5 rings (SSSR count). The second kappa shape index (κ2) is 8.22. The van der Waals surface area contributed by atoms with Crippen LogP contribution in [-0.2, 0) is 6.42 Å². The summed E-state index contributed by atoms with van der Waals surface area (Å²) >= 11 is 1.82. The van der Waals surface area contributed by atoms with Gasteiger partial charge >= 0.3 is 0 Å². The standard InChI is InChI=1S/C29H30N2S/c1-6-20-14-15-23-24(17-32-27(23)16-20)29-30-25-12-7-8-13-26(25)31(29)28-21(18(2)3)10-9-11-22(28)19(4)5/h7-19H,6H2,1-5H3. The fourth-order valence-electron chi connectivity index (χ4n) is 4.67. The summed E-state index contributed by atoms with van der Waals surface area (Å²) in [5.74, 6) is 1.88. The number of aromatic nitrogens is 2. The number of thiophene rings is 1. The van der Waals surface area contributed by atoms with E-state index in [1.54, 1.807) is 0 Å². The number of hydrogen-bond donors (Lipinski definition) is 0. The SMILES string of the molecule is CCc1ccc2c(-c3nc4ccccc4n3-c3c(C(C)C)cccc3C(C)C)csc2c1. The molecule has 0 radical (unpaired) electrons. The first-order valence-corrected chi connectivity index (χ1v) is 12.5. The van der Waals surface area contributed by atoms with Crippen LogP contribution in [0.5, 0.6) is 0 Å². The molecular weight excluding hydrogens is 408 g/mol. The van der Waals surface area contributed by atoms with E-state index >= 15 is 0 Å². The van der Waals surface area contributed by atoms with Gasteiger partial charge in [0.25, 0.3) is 0 Å². The second-order valence-corrected chi connectivity index (χ2v) is 10.1. The fraction of sp³-hybridized carbons (Fsp3) is 0.276. The zero-order valence-corrected chi connectivity index (χ0v) is 20.3. The van der Waals surface area contributed by atoms with Gasteiger partial charge in [0.1, 0.15) is 5.82 Å². The molecule has 0 spiro atoms. The van der Waals surface area contributed by atoms with Crippen LogP contribution in [0.1, 0.15) is 63.1 Å². The molecule has 3 aromatic carbocycles. The van der Waals surface area contributed by atoms with Crippen molar-refractivity contribution in [2.45, 2.75) is 52.9 Å². The molecule has 0 saturated heterocycles. The minimum absolute atomic E-state index is 0.420. The molecule has 0 bridgehead atoms. The van der Waals surface area contributed by atoms with Crippen LogP contribution >= 0.6 is 11.3 Å². The van der Waals surface area contributed by atoms with Gasteiger partial charge in [-0.15, -0.1) is 11.3 Å². The van der Waals surface area contributed by atoms with Crippen molar-refractivity contribution in [3.8, 4) is 17.1 Å². The van der Waals surface area contributed by atoms with Crippen LogP contribution in [0.25, 0.3) is 38.2 Å². The van der Waals surface area contributed by atoms with E-state index < -0.39 is 0 Å². The number of hydrogen-bond acceptors (Lipinski definition) is 2. The van der Waals surface area contributed by atoms with E-state index in [-0.39, 0.29) is 0 Å². The predicted octanol–water partition coefficient (Wildman–Crippen LogP) is 8.72.